The average molecular weight is 234 g/mol. The van der Waals surface area contributed by atoms with Crippen molar-refractivity contribution in [3.63, 3.8) is 0 Å². The third-order valence-corrected chi connectivity index (χ3v) is 3.01. The lowest BCUT2D eigenvalue weighted by atomic mass is 10.1. The molecular formula is C14H18O3. The minimum Gasteiger partial charge on any atom is -0.497 e. The number of hydrogen-bond acceptors (Lipinski definition) is 3. The molecule has 1 aromatic carbocycles. The molecule has 3 nitrogen and oxygen atoms in total. The first kappa shape index (κ1) is 12.0. The number of rotatable bonds is 5. The molecule has 0 saturated heterocycles. The molecule has 0 aromatic heterocycles. The van der Waals surface area contributed by atoms with Gasteiger partial charge < -0.3 is 9.47 Å². The maximum atomic E-state index is 11.3. The van der Waals surface area contributed by atoms with Crippen molar-refractivity contribution < 1.29 is 14.3 Å². The molecule has 0 bridgehead atoms. The molecule has 3 heteroatoms. The third kappa shape index (κ3) is 2.99. The second kappa shape index (κ2) is 5.21. The first-order chi connectivity index (χ1) is 8.24. The van der Waals surface area contributed by atoms with Gasteiger partial charge >= 0.3 is 5.97 Å². The molecule has 0 heterocycles. The van der Waals surface area contributed by atoms with Gasteiger partial charge in [-0.25, -0.2) is 0 Å². The number of esters is 1. The van der Waals surface area contributed by atoms with Gasteiger partial charge in [-0.05, 0) is 30.5 Å². The Morgan fingerprint density at radius 3 is 2.65 bits per heavy atom. The molecule has 1 aliphatic carbocycles. The van der Waals surface area contributed by atoms with Gasteiger partial charge in [-0.1, -0.05) is 19.1 Å². The topological polar surface area (TPSA) is 35.5 Å². The van der Waals surface area contributed by atoms with E-state index < -0.39 is 0 Å². The maximum absolute atomic E-state index is 11.3. The fourth-order valence-electron chi connectivity index (χ4n) is 1.94. The zero-order chi connectivity index (χ0) is 12.3. The van der Waals surface area contributed by atoms with Crippen LogP contribution in [0.4, 0.5) is 0 Å². The largest absolute Gasteiger partial charge is 0.497 e. The number of hydrogen-bond donors (Lipinski definition) is 0. The van der Waals surface area contributed by atoms with E-state index in [9.17, 15) is 4.79 Å². The van der Waals surface area contributed by atoms with E-state index in [1.165, 1.54) is 5.56 Å². The van der Waals surface area contributed by atoms with E-state index >= 15 is 0 Å². The Balaban J connectivity index is 1.87. The predicted molar refractivity (Wildman–Crippen MR) is 65.1 cm³/mol. The van der Waals surface area contributed by atoms with Crippen molar-refractivity contribution in [1.82, 2.24) is 0 Å². The van der Waals surface area contributed by atoms with Crippen molar-refractivity contribution in [2.24, 2.45) is 0 Å². The van der Waals surface area contributed by atoms with Gasteiger partial charge in [-0.3, -0.25) is 4.79 Å². The zero-order valence-electron chi connectivity index (χ0n) is 10.3. The molecule has 17 heavy (non-hydrogen) atoms. The van der Waals surface area contributed by atoms with Crippen LogP contribution in [0.1, 0.15) is 37.7 Å². The highest BCUT2D eigenvalue weighted by Gasteiger charge is 2.41. The molecular weight excluding hydrogens is 216 g/mol. The number of carbonyl (C=O) groups excluding carboxylic acids is 1. The first-order valence-electron chi connectivity index (χ1n) is 6.08. The molecule has 0 amide bonds. The van der Waals surface area contributed by atoms with E-state index in [4.69, 9.17) is 9.47 Å². The van der Waals surface area contributed by atoms with Crippen LogP contribution in [0, 0.1) is 0 Å². The summed E-state index contributed by atoms with van der Waals surface area (Å²) in [5.74, 6) is 1.16. The van der Waals surface area contributed by atoms with Crippen LogP contribution in [0.2, 0.25) is 0 Å². The Hall–Kier alpha value is -1.51. The predicted octanol–water partition coefficient (Wildman–Crippen LogP) is 2.89. The van der Waals surface area contributed by atoms with E-state index in [0.29, 0.717) is 12.3 Å². The van der Waals surface area contributed by atoms with Gasteiger partial charge in [0.1, 0.15) is 11.9 Å². The van der Waals surface area contributed by atoms with Crippen LogP contribution >= 0.6 is 0 Å². The molecule has 2 atom stereocenters. The average Bonchev–Trinajstić information content (AvgIpc) is 3.09. The molecule has 0 N–H and O–H groups in total. The molecule has 1 aromatic rings. The monoisotopic (exact) mass is 234 g/mol. The summed E-state index contributed by atoms with van der Waals surface area (Å²) < 4.78 is 10.5. The van der Waals surface area contributed by atoms with Gasteiger partial charge in [0.15, 0.2) is 0 Å². The Morgan fingerprint density at radius 1 is 1.35 bits per heavy atom. The fourth-order valence-corrected chi connectivity index (χ4v) is 1.94. The van der Waals surface area contributed by atoms with Gasteiger partial charge in [0.05, 0.1) is 7.11 Å². The lowest BCUT2D eigenvalue weighted by Gasteiger charge is -2.04. The number of methoxy groups -OCH3 is 1. The van der Waals surface area contributed by atoms with E-state index in [0.717, 1.165) is 18.6 Å². The minimum atomic E-state index is -0.0755. The second-order valence-electron chi connectivity index (χ2n) is 4.39. The standard InChI is InChI=1S/C14H18O3/c1-3-4-14(15)17-13-9-12(13)10-5-7-11(16-2)8-6-10/h5-8,12-13H,3-4,9H2,1-2H3. The maximum Gasteiger partial charge on any atom is 0.306 e. The minimum absolute atomic E-state index is 0.0755. The van der Waals surface area contributed by atoms with Gasteiger partial charge in [0.2, 0.25) is 0 Å². The van der Waals surface area contributed by atoms with E-state index in [2.05, 4.69) is 0 Å². The highest BCUT2D eigenvalue weighted by molar-refractivity contribution is 5.69. The Kier molecular flexibility index (Phi) is 3.67. The van der Waals surface area contributed by atoms with Crippen LogP contribution in [-0.2, 0) is 9.53 Å². The van der Waals surface area contributed by atoms with Crippen molar-refractivity contribution in [3.8, 4) is 5.75 Å². The van der Waals surface area contributed by atoms with E-state index in [1.54, 1.807) is 7.11 Å². The van der Waals surface area contributed by atoms with E-state index in [-0.39, 0.29) is 12.1 Å². The molecule has 92 valence electrons. The molecule has 2 rings (SSSR count). The number of benzene rings is 1. The van der Waals surface area contributed by atoms with Crippen molar-refractivity contribution >= 4 is 5.97 Å². The third-order valence-electron chi connectivity index (χ3n) is 3.01. The Bertz CT molecular complexity index is 383. The molecule has 0 aliphatic heterocycles. The number of carbonyl (C=O) groups is 1. The Labute approximate surface area is 102 Å². The Morgan fingerprint density at radius 2 is 2.06 bits per heavy atom. The van der Waals surface area contributed by atoms with Crippen LogP contribution in [-0.4, -0.2) is 19.2 Å². The summed E-state index contributed by atoms with van der Waals surface area (Å²) in [6.45, 7) is 1.98. The highest BCUT2D eigenvalue weighted by atomic mass is 16.5. The summed E-state index contributed by atoms with van der Waals surface area (Å²) in [4.78, 5) is 11.3. The highest BCUT2D eigenvalue weighted by Crippen LogP contribution is 2.43. The molecule has 0 spiro atoms. The SMILES string of the molecule is CCCC(=O)OC1CC1c1ccc(OC)cc1. The van der Waals surface area contributed by atoms with Crippen molar-refractivity contribution in [2.45, 2.75) is 38.2 Å². The van der Waals surface area contributed by atoms with Gasteiger partial charge in [0, 0.05) is 12.3 Å². The number of ether oxygens (including phenoxy) is 2. The van der Waals surface area contributed by atoms with Crippen molar-refractivity contribution in [2.75, 3.05) is 7.11 Å². The van der Waals surface area contributed by atoms with Crippen LogP contribution in [0.3, 0.4) is 0 Å². The molecule has 1 saturated carbocycles. The summed E-state index contributed by atoms with van der Waals surface area (Å²) in [6.07, 6.45) is 2.40. The summed E-state index contributed by atoms with van der Waals surface area (Å²) in [5, 5.41) is 0. The summed E-state index contributed by atoms with van der Waals surface area (Å²) in [7, 11) is 1.65. The lowest BCUT2D eigenvalue weighted by molar-refractivity contribution is -0.145. The molecule has 1 aliphatic rings. The smallest absolute Gasteiger partial charge is 0.306 e. The van der Waals surface area contributed by atoms with Crippen molar-refractivity contribution in [3.05, 3.63) is 29.8 Å². The van der Waals surface area contributed by atoms with Gasteiger partial charge in [-0.2, -0.15) is 0 Å². The fraction of sp³-hybridized carbons (Fsp3) is 0.500. The lowest BCUT2D eigenvalue weighted by Crippen LogP contribution is -2.06. The summed E-state index contributed by atoms with van der Waals surface area (Å²) >= 11 is 0. The van der Waals surface area contributed by atoms with Gasteiger partial charge in [-0.15, -0.1) is 0 Å². The van der Waals surface area contributed by atoms with Gasteiger partial charge in [0.25, 0.3) is 0 Å². The summed E-state index contributed by atoms with van der Waals surface area (Å²) in [5.41, 5.74) is 1.22. The van der Waals surface area contributed by atoms with Crippen molar-refractivity contribution in [1.29, 1.82) is 0 Å². The summed E-state index contributed by atoms with van der Waals surface area (Å²) in [6, 6.07) is 7.96. The first-order valence-corrected chi connectivity index (χ1v) is 6.08. The van der Waals surface area contributed by atoms with E-state index in [1.807, 2.05) is 31.2 Å². The van der Waals surface area contributed by atoms with Crippen LogP contribution in [0.5, 0.6) is 5.75 Å². The molecule has 0 radical (unpaired) electrons. The van der Waals surface area contributed by atoms with Crippen LogP contribution in [0.25, 0.3) is 0 Å². The molecule has 2 unspecified atom stereocenters. The molecule has 1 fully saturated rings. The quantitative estimate of drug-likeness (QED) is 0.735. The van der Waals surface area contributed by atoms with Crippen LogP contribution < -0.4 is 4.74 Å². The van der Waals surface area contributed by atoms with Crippen LogP contribution in [0.15, 0.2) is 24.3 Å². The normalized spacial score (nSPS) is 22.0. The second-order valence-corrected chi connectivity index (χ2v) is 4.39. The zero-order valence-corrected chi connectivity index (χ0v) is 10.3.